The molecular weight excluding hydrogens is 682 g/mol. The molecule has 268 valence electrons. The van der Waals surface area contributed by atoms with Crippen LogP contribution < -0.4 is 20.7 Å². The van der Waals surface area contributed by atoms with Crippen LogP contribution in [0.25, 0.3) is 0 Å². The minimum atomic E-state index is -1.35. The number of nitrogens with zero attached hydrogens (tertiary/aromatic N) is 2. The highest BCUT2D eigenvalue weighted by molar-refractivity contribution is 7.08. The second-order valence-electron chi connectivity index (χ2n) is 11.9. The Labute approximate surface area is 296 Å². The van der Waals surface area contributed by atoms with Crippen molar-refractivity contribution >= 4 is 58.5 Å². The van der Waals surface area contributed by atoms with E-state index in [0.717, 1.165) is 5.01 Å². The lowest BCUT2D eigenvalue weighted by molar-refractivity contribution is -0.176. The smallest absolute Gasteiger partial charge is 0.319 e. The number of carbonyl (C=O) groups is 7. The van der Waals surface area contributed by atoms with Crippen molar-refractivity contribution < 1.29 is 48.1 Å². The standard InChI is InChI=1S/C35H37N5O10S/c41-29(20-49-32(45)19-22-16-18-51-21-22)26(13-15-31(43)44)37-33(46)28-7-4-17-39-30(42)14-12-27(34(47)40(28)39)38-35(48)36-23-8-10-25(11-9-23)50-24-5-2-1-3-6-24/h1-3,5-6,8-11,16,18,21,26-28H,4,7,12-15,17,19-20H2,(H,37,46)(H,43,44)(H2,36,38,48)/t26-,27-,28-/m0/s1. The van der Waals surface area contributed by atoms with Crippen molar-refractivity contribution in [2.75, 3.05) is 18.5 Å². The monoisotopic (exact) mass is 719 g/mol. The van der Waals surface area contributed by atoms with Gasteiger partial charge < -0.3 is 30.5 Å². The normalized spacial score (nSPS) is 17.7. The first kappa shape index (κ1) is 36.5. The van der Waals surface area contributed by atoms with Gasteiger partial charge >= 0.3 is 18.0 Å². The van der Waals surface area contributed by atoms with Crippen molar-refractivity contribution in [2.45, 2.75) is 63.1 Å². The molecule has 2 aliphatic rings. The van der Waals surface area contributed by atoms with Crippen molar-refractivity contribution in [3.05, 3.63) is 77.0 Å². The number of ether oxygens (including phenoxy) is 2. The molecule has 5 amide bonds. The molecule has 0 bridgehead atoms. The second kappa shape index (κ2) is 17.2. The van der Waals surface area contributed by atoms with E-state index < -0.39 is 72.6 Å². The number of Topliss-reactive ketones (excluding diaryl/α,β-unsaturated/α-hetero) is 1. The molecule has 2 saturated heterocycles. The highest BCUT2D eigenvalue weighted by atomic mass is 32.1. The van der Waals surface area contributed by atoms with Crippen molar-refractivity contribution in [3.63, 3.8) is 0 Å². The molecule has 1 aromatic heterocycles. The number of thiophene rings is 1. The lowest BCUT2D eigenvalue weighted by Gasteiger charge is -2.43. The molecule has 0 radical (unpaired) electrons. The van der Waals surface area contributed by atoms with Crippen molar-refractivity contribution in [2.24, 2.45) is 0 Å². The first-order valence-electron chi connectivity index (χ1n) is 16.3. The number of carboxylic acids is 1. The number of hydrogen-bond acceptors (Lipinski definition) is 10. The summed E-state index contributed by atoms with van der Waals surface area (Å²) in [6.45, 7) is -0.540. The second-order valence-corrected chi connectivity index (χ2v) is 12.7. The summed E-state index contributed by atoms with van der Waals surface area (Å²) in [7, 11) is 0. The van der Waals surface area contributed by atoms with Crippen LogP contribution in [0.2, 0.25) is 0 Å². The van der Waals surface area contributed by atoms with Crippen LogP contribution in [0.5, 0.6) is 11.5 Å². The minimum absolute atomic E-state index is 0.0211. The number of urea groups is 1. The van der Waals surface area contributed by atoms with Gasteiger partial charge in [-0.25, -0.2) is 9.80 Å². The average molecular weight is 720 g/mol. The number of aliphatic carboxylic acids is 1. The predicted molar refractivity (Wildman–Crippen MR) is 183 cm³/mol. The molecule has 0 aliphatic carbocycles. The number of amides is 5. The average Bonchev–Trinajstić information content (AvgIpc) is 3.60. The van der Waals surface area contributed by atoms with Crippen LogP contribution in [-0.2, 0) is 39.9 Å². The van der Waals surface area contributed by atoms with Crippen LogP contribution in [0, 0.1) is 0 Å². The fraction of sp³-hybridized carbons (Fsp3) is 0.343. The number of rotatable bonds is 14. The fourth-order valence-corrected chi connectivity index (χ4v) is 6.34. The fourth-order valence-electron chi connectivity index (χ4n) is 5.68. The maximum absolute atomic E-state index is 13.9. The molecule has 0 spiro atoms. The lowest BCUT2D eigenvalue weighted by Crippen LogP contribution is -2.64. The summed E-state index contributed by atoms with van der Waals surface area (Å²) >= 11 is 1.40. The van der Waals surface area contributed by atoms with Gasteiger partial charge in [0.25, 0.3) is 5.91 Å². The molecule has 3 aromatic rings. The molecule has 2 aromatic carbocycles. The van der Waals surface area contributed by atoms with E-state index in [2.05, 4.69) is 16.0 Å². The number of carboxylic acid groups (broad SMARTS) is 1. The number of carbonyl (C=O) groups excluding carboxylic acids is 6. The Morgan fingerprint density at radius 3 is 2.41 bits per heavy atom. The molecular formula is C35H37N5O10S. The zero-order valence-electron chi connectivity index (χ0n) is 27.4. The number of hydrogen-bond donors (Lipinski definition) is 4. The van der Waals surface area contributed by atoms with E-state index in [1.807, 2.05) is 18.2 Å². The van der Waals surface area contributed by atoms with Gasteiger partial charge in [0.05, 0.1) is 12.5 Å². The topological polar surface area (TPSA) is 201 Å². The number of para-hydroxylation sites is 1. The van der Waals surface area contributed by atoms with Gasteiger partial charge in [0.1, 0.15) is 23.6 Å². The van der Waals surface area contributed by atoms with Gasteiger partial charge in [-0.1, -0.05) is 18.2 Å². The van der Waals surface area contributed by atoms with Crippen molar-refractivity contribution in [3.8, 4) is 11.5 Å². The number of benzene rings is 2. The Kier molecular flexibility index (Phi) is 12.3. The van der Waals surface area contributed by atoms with Gasteiger partial charge in [-0.3, -0.25) is 33.8 Å². The van der Waals surface area contributed by atoms with Gasteiger partial charge in [0.2, 0.25) is 11.8 Å². The quantitative estimate of drug-likeness (QED) is 0.179. The molecule has 0 saturated carbocycles. The first-order valence-corrected chi connectivity index (χ1v) is 17.3. The van der Waals surface area contributed by atoms with Crippen LogP contribution in [0.1, 0.15) is 44.1 Å². The Hall–Kier alpha value is -5.77. The zero-order valence-corrected chi connectivity index (χ0v) is 28.3. The predicted octanol–water partition coefficient (Wildman–Crippen LogP) is 3.26. The zero-order chi connectivity index (χ0) is 36.3. The van der Waals surface area contributed by atoms with Crippen LogP contribution in [0.15, 0.2) is 71.4 Å². The molecule has 3 atom stereocenters. The Morgan fingerprint density at radius 1 is 0.961 bits per heavy atom. The van der Waals surface area contributed by atoms with Crippen LogP contribution >= 0.6 is 11.3 Å². The number of fused-ring (bicyclic) bond motifs is 1. The van der Waals surface area contributed by atoms with Crippen LogP contribution in [-0.4, -0.2) is 87.9 Å². The maximum Gasteiger partial charge on any atom is 0.319 e. The highest BCUT2D eigenvalue weighted by Crippen LogP contribution is 2.26. The summed E-state index contributed by atoms with van der Waals surface area (Å²) in [6.07, 6.45) is -0.432. The van der Waals surface area contributed by atoms with Crippen LogP contribution in [0.3, 0.4) is 0 Å². The first-order chi connectivity index (χ1) is 24.6. The van der Waals surface area contributed by atoms with E-state index in [-0.39, 0.29) is 38.6 Å². The molecule has 4 N–H and O–H groups in total. The van der Waals surface area contributed by atoms with Crippen LogP contribution in [0.4, 0.5) is 10.5 Å². The van der Waals surface area contributed by atoms with Gasteiger partial charge in [-0.15, -0.1) is 0 Å². The Balaban J connectivity index is 1.22. The maximum atomic E-state index is 13.9. The third-order valence-corrected chi connectivity index (χ3v) is 8.95. The van der Waals surface area contributed by atoms with E-state index in [9.17, 15) is 38.7 Å². The number of hydrazine groups is 1. The lowest BCUT2D eigenvalue weighted by atomic mass is 10.0. The molecule has 5 rings (SSSR count). The summed E-state index contributed by atoms with van der Waals surface area (Å²) in [6, 6.07) is 13.0. The Bertz CT molecular complexity index is 1730. The van der Waals surface area contributed by atoms with Gasteiger partial charge in [0.15, 0.2) is 12.4 Å². The number of esters is 1. The summed E-state index contributed by atoms with van der Waals surface area (Å²) in [5, 5.41) is 22.8. The molecule has 2 aliphatic heterocycles. The summed E-state index contributed by atoms with van der Waals surface area (Å²) in [5.41, 5.74) is 1.12. The number of ketones is 1. The molecule has 15 nitrogen and oxygen atoms in total. The SMILES string of the molecule is O=C(O)CC[C@H](NC(=O)[C@@H]1CCCN2C(=O)CC[C@H](NC(=O)Nc3ccc(Oc4ccccc4)cc3)C(=O)N12)C(=O)COC(=O)Cc1ccsc1. The van der Waals surface area contributed by atoms with Gasteiger partial charge in [0, 0.05) is 25.1 Å². The van der Waals surface area contributed by atoms with E-state index in [0.29, 0.717) is 29.2 Å². The van der Waals surface area contributed by atoms with Crippen molar-refractivity contribution in [1.29, 1.82) is 0 Å². The molecule has 3 heterocycles. The highest BCUT2D eigenvalue weighted by Gasteiger charge is 2.45. The molecule has 51 heavy (non-hydrogen) atoms. The molecule has 16 heteroatoms. The van der Waals surface area contributed by atoms with Gasteiger partial charge in [-0.05, 0) is 84.5 Å². The van der Waals surface area contributed by atoms with E-state index in [1.165, 1.54) is 16.3 Å². The number of anilines is 1. The minimum Gasteiger partial charge on any atom is -0.481 e. The van der Waals surface area contributed by atoms with Gasteiger partial charge in [-0.2, -0.15) is 11.3 Å². The third kappa shape index (κ3) is 10.1. The summed E-state index contributed by atoms with van der Waals surface area (Å²) in [5.74, 6) is -3.34. The molecule has 2 fully saturated rings. The largest absolute Gasteiger partial charge is 0.481 e. The summed E-state index contributed by atoms with van der Waals surface area (Å²) in [4.78, 5) is 90.3. The van der Waals surface area contributed by atoms with E-state index in [4.69, 9.17) is 9.47 Å². The number of nitrogens with one attached hydrogen (secondary N) is 3. The molecule has 0 unspecified atom stereocenters. The summed E-state index contributed by atoms with van der Waals surface area (Å²) < 4.78 is 10.9. The van der Waals surface area contributed by atoms with E-state index >= 15 is 0 Å². The van der Waals surface area contributed by atoms with E-state index in [1.54, 1.807) is 53.2 Å². The van der Waals surface area contributed by atoms with Crippen molar-refractivity contribution in [1.82, 2.24) is 20.7 Å². The third-order valence-electron chi connectivity index (χ3n) is 8.22. The Morgan fingerprint density at radius 2 is 1.71 bits per heavy atom.